The number of carboxylic acids is 1. The zero-order chi connectivity index (χ0) is 16.4. The van der Waals surface area contributed by atoms with Crippen LogP contribution < -0.4 is 4.89 Å². The number of hydrogen-bond acceptors (Lipinski definition) is 4. The van der Waals surface area contributed by atoms with Gasteiger partial charge in [-0.2, -0.15) is 13.2 Å². The Morgan fingerprint density at radius 3 is 2.33 bits per heavy atom. The number of halogens is 3. The van der Waals surface area contributed by atoms with Crippen LogP contribution in [0.3, 0.4) is 0 Å². The van der Waals surface area contributed by atoms with E-state index < -0.39 is 33.7 Å². The van der Waals surface area contributed by atoms with Gasteiger partial charge in [0.2, 0.25) is 0 Å². The van der Waals surface area contributed by atoms with Gasteiger partial charge in [0, 0.05) is 0 Å². The third-order valence-corrected chi connectivity index (χ3v) is 3.80. The summed E-state index contributed by atoms with van der Waals surface area (Å²) in [5.74, 6) is -1.35. The van der Waals surface area contributed by atoms with Crippen molar-refractivity contribution in [1.29, 1.82) is 0 Å². The van der Waals surface area contributed by atoms with Gasteiger partial charge in [-0.1, -0.05) is 11.0 Å². The SMILES string of the molecule is Cc1cc(C)c(S(=O)(=O)NOCC(F)(F)F)cc1C(=O)O. The molecule has 10 heteroatoms. The molecule has 1 rings (SSSR count). The summed E-state index contributed by atoms with van der Waals surface area (Å²) in [6, 6.07) is 2.17. The molecule has 0 atom stereocenters. The van der Waals surface area contributed by atoms with Crippen molar-refractivity contribution >= 4 is 16.0 Å². The number of nitrogens with one attached hydrogen (secondary N) is 1. The van der Waals surface area contributed by atoms with E-state index in [-0.39, 0.29) is 11.1 Å². The minimum absolute atomic E-state index is 0.181. The summed E-state index contributed by atoms with van der Waals surface area (Å²) < 4.78 is 59.4. The number of aryl methyl sites for hydroxylation is 2. The number of alkyl halides is 3. The molecule has 0 unspecified atom stereocenters. The van der Waals surface area contributed by atoms with Crippen molar-refractivity contribution in [2.75, 3.05) is 6.61 Å². The molecule has 0 aliphatic carbocycles. The zero-order valence-corrected chi connectivity index (χ0v) is 11.8. The second-order valence-electron chi connectivity index (χ2n) is 4.23. The van der Waals surface area contributed by atoms with Crippen molar-refractivity contribution in [3.63, 3.8) is 0 Å². The standard InChI is InChI=1S/C11H12F3NO5S/c1-6-3-7(2)9(4-8(6)10(16)17)21(18,19)15-20-5-11(12,13)14/h3-4,15H,5H2,1-2H3,(H,16,17). The molecule has 0 aliphatic rings. The highest BCUT2D eigenvalue weighted by Crippen LogP contribution is 2.21. The molecule has 0 bridgehead atoms. The van der Waals surface area contributed by atoms with Crippen molar-refractivity contribution in [1.82, 2.24) is 4.89 Å². The van der Waals surface area contributed by atoms with Crippen LogP contribution in [0.5, 0.6) is 0 Å². The molecule has 0 saturated heterocycles. The van der Waals surface area contributed by atoms with Crippen LogP contribution in [0.4, 0.5) is 13.2 Å². The Labute approximate surface area is 118 Å². The Bertz CT molecular complexity index is 655. The fourth-order valence-electron chi connectivity index (χ4n) is 1.59. The van der Waals surface area contributed by atoms with Crippen molar-refractivity contribution < 1.29 is 36.3 Å². The van der Waals surface area contributed by atoms with Gasteiger partial charge in [-0.05, 0) is 31.0 Å². The average molecular weight is 327 g/mol. The van der Waals surface area contributed by atoms with Gasteiger partial charge in [0.1, 0.15) is 0 Å². The van der Waals surface area contributed by atoms with Crippen molar-refractivity contribution in [3.8, 4) is 0 Å². The van der Waals surface area contributed by atoms with Crippen LogP contribution in [0.25, 0.3) is 0 Å². The van der Waals surface area contributed by atoms with E-state index in [9.17, 15) is 26.4 Å². The maximum Gasteiger partial charge on any atom is 0.413 e. The first-order chi connectivity index (χ1) is 9.44. The molecular formula is C11H12F3NO5S. The number of rotatable bonds is 5. The molecule has 118 valence electrons. The molecule has 0 heterocycles. The molecule has 0 spiro atoms. The fourth-order valence-corrected chi connectivity index (χ4v) is 2.65. The van der Waals surface area contributed by atoms with Gasteiger partial charge >= 0.3 is 12.1 Å². The fraction of sp³-hybridized carbons (Fsp3) is 0.364. The lowest BCUT2D eigenvalue weighted by Crippen LogP contribution is -2.30. The second-order valence-corrected chi connectivity index (χ2v) is 5.84. The molecule has 21 heavy (non-hydrogen) atoms. The summed E-state index contributed by atoms with van der Waals surface area (Å²) >= 11 is 0. The van der Waals surface area contributed by atoms with Crippen molar-refractivity contribution in [2.24, 2.45) is 0 Å². The quantitative estimate of drug-likeness (QED) is 0.804. The van der Waals surface area contributed by atoms with Crippen LogP contribution in [0.1, 0.15) is 21.5 Å². The van der Waals surface area contributed by atoms with E-state index in [0.717, 1.165) is 6.07 Å². The Morgan fingerprint density at radius 1 is 1.29 bits per heavy atom. The summed E-state index contributed by atoms with van der Waals surface area (Å²) in [4.78, 5) is 15.7. The molecule has 0 amide bonds. The molecule has 0 radical (unpaired) electrons. The van der Waals surface area contributed by atoms with Gasteiger partial charge in [0.25, 0.3) is 10.0 Å². The topological polar surface area (TPSA) is 92.7 Å². The van der Waals surface area contributed by atoms with Crippen LogP contribution in [-0.4, -0.2) is 32.3 Å². The molecule has 1 aromatic carbocycles. The van der Waals surface area contributed by atoms with E-state index in [1.807, 2.05) is 0 Å². The Kier molecular flexibility index (Phi) is 4.97. The van der Waals surface area contributed by atoms with Crippen LogP contribution in [0.15, 0.2) is 17.0 Å². The van der Waals surface area contributed by atoms with Crippen LogP contribution in [-0.2, 0) is 14.9 Å². The summed E-state index contributed by atoms with van der Waals surface area (Å²) in [5, 5.41) is 8.93. The number of carbonyl (C=O) groups is 1. The predicted molar refractivity (Wildman–Crippen MR) is 65.2 cm³/mol. The van der Waals surface area contributed by atoms with Gasteiger partial charge in [0.05, 0.1) is 10.5 Å². The monoisotopic (exact) mass is 327 g/mol. The summed E-state index contributed by atoms with van der Waals surface area (Å²) in [7, 11) is -4.42. The van der Waals surface area contributed by atoms with Crippen LogP contribution >= 0.6 is 0 Å². The van der Waals surface area contributed by atoms with Crippen molar-refractivity contribution in [2.45, 2.75) is 24.9 Å². The molecule has 0 saturated carbocycles. The number of benzene rings is 1. The molecule has 1 aromatic rings. The maximum absolute atomic E-state index is 11.9. The minimum Gasteiger partial charge on any atom is -0.478 e. The Morgan fingerprint density at radius 2 is 1.86 bits per heavy atom. The lowest BCUT2D eigenvalue weighted by molar-refractivity contribution is -0.181. The van der Waals surface area contributed by atoms with Gasteiger partial charge in [-0.3, -0.25) is 4.84 Å². The number of carboxylic acid groups (broad SMARTS) is 1. The van der Waals surface area contributed by atoms with Gasteiger partial charge < -0.3 is 5.11 Å². The minimum atomic E-state index is -4.70. The number of hydrogen-bond donors (Lipinski definition) is 2. The lowest BCUT2D eigenvalue weighted by atomic mass is 10.1. The highest BCUT2D eigenvalue weighted by Gasteiger charge is 2.29. The van der Waals surface area contributed by atoms with E-state index in [1.165, 1.54) is 24.8 Å². The van der Waals surface area contributed by atoms with Crippen LogP contribution in [0.2, 0.25) is 0 Å². The molecule has 0 aromatic heterocycles. The summed E-state index contributed by atoms with van der Waals surface area (Å²) in [6.45, 7) is 1.06. The summed E-state index contributed by atoms with van der Waals surface area (Å²) in [6.07, 6.45) is -4.70. The first-order valence-corrected chi connectivity index (χ1v) is 6.97. The molecule has 0 fully saturated rings. The lowest BCUT2D eigenvalue weighted by Gasteiger charge is -2.12. The highest BCUT2D eigenvalue weighted by molar-refractivity contribution is 7.89. The maximum atomic E-state index is 11.9. The third-order valence-electron chi connectivity index (χ3n) is 2.45. The van der Waals surface area contributed by atoms with Gasteiger partial charge in [0.15, 0.2) is 6.61 Å². The average Bonchev–Trinajstić information content (AvgIpc) is 2.25. The van der Waals surface area contributed by atoms with Crippen LogP contribution in [0, 0.1) is 13.8 Å². The smallest absolute Gasteiger partial charge is 0.413 e. The van der Waals surface area contributed by atoms with E-state index in [2.05, 4.69) is 4.84 Å². The Balaban J connectivity index is 3.08. The Hall–Kier alpha value is -1.65. The molecule has 2 N–H and O–H groups in total. The van der Waals surface area contributed by atoms with E-state index in [0.29, 0.717) is 5.56 Å². The van der Waals surface area contributed by atoms with E-state index >= 15 is 0 Å². The van der Waals surface area contributed by atoms with Gasteiger partial charge in [-0.25, -0.2) is 13.2 Å². The first-order valence-electron chi connectivity index (χ1n) is 5.49. The molecule has 6 nitrogen and oxygen atoms in total. The largest absolute Gasteiger partial charge is 0.478 e. The zero-order valence-electron chi connectivity index (χ0n) is 11.0. The van der Waals surface area contributed by atoms with Crippen molar-refractivity contribution in [3.05, 3.63) is 28.8 Å². The second kappa shape index (κ2) is 6.00. The first kappa shape index (κ1) is 17.4. The van der Waals surface area contributed by atoms with E-state index in [4.69, 9.17) is 5.11 Å². The van der Waals surface area contributed by atoms with Gasteiger partial charge in [-0.15, -0.1) is 0 Å². The third kappa shape index (κ3) is 4.69. The normalized spacial score (nSPS) is 12.4. The number of aromatic carboxylic acids is 1. The highest BCUT2D eigenvalue weighted by atomic mass is 32.2. The van der Waals surface area contributed by atoms with E-state index in [1.54, 1.807) is 0 Å². The predicted octanol–water partition coefficient (Wildman–Crippen LogP) is 1.77. The summed E-state index contributed by atoms with van der Waals surface area (Å²) in [5.41, 5.74) is 0.243. The molecular weight excluding hydrogens is 315 g/mol. The number of sulfonamides is 1. The molecule has 0 aliphatic heterocycles.